The van der Waals surface area contributed by atoms with Crippen LogP contribution in [0.2, 0.25) is 6.32 Å². The monoisotopic (exact) mass is 1040 g/mol. The van der Waals surface area contributed by atoms with E-state index in [1.54, 1.807) is 12.1 Å². The Hall–Kier alpha value is -6.50. The Bertz CT molecular complexity index is 3730. The van der Waals surface area contributed by atoms with Gasteiger partial charge in [-0.3, -0.25) is 0 Å². The van der Waals surface area contributed by atoms with Crippen LogP contribution in [0.3, 0.4) is 0 Å². The van der Waals surface area contributed by atoms with Crippen LogP contribution in [0.1, 0.15) is 79.7 Å². The molecule has 0 amide bonds. The number of imidazole rings is 1. The molecule has 0 bridgehead atoms. The summed E-state index contributed by atoms with van der Waals surface area (Å²) in [7, 11) is 0. The predicted molar refractivity (Wildman–Crippen MR) is 264 cm³/mol. The van der Waals surface area contributed by atoms with Gasteiger partial charge in [-0.1, -0.05) is 34.1 Å². The first-order valence-corrected chi connectivity index (χ1v) is 22.9. The summed E-state index contributed by atoms with van der Waals surface area (Å²) in [6.45, 7) is 14.5. The Kier molecular flexibility index (Phi) is 8.33. The zero-order chi connectivity index (χ0) is 53.7. The third-order valence-electron chi connectivity index (χ3n) is 11.9. The van der Waals surface area contributed by atoms with Gasteiger partial charge in [0.15, 0.2) is 0 Å². The molecule has 4 heterocycles. The number of nitrogens with zero attached hydrogens (tertiary/aromatic N) is 6. The van der Waals surface area contributed by atoms with Crippen molar-refractivity contribution in [2.24, 2.45) is 0 Å². The molecule has 0 saturated carbocycles. The van der Waals surface area contributed by atoms with Crippen molar-refractivity contribution in [2.75, 3.05) is 4.81 Å². The topological polar surface area (TPSA) is 53.0 Å². The van der Waals surface area contributed by atoms with Gasteiger partial charge in [0.05, 0.1) is 0 Å². The molecule has 0 N–H and O–H groups in total. The van der Waals surface area contributed by atoms with Crippen LogP contribution in [0.25, 0.3) is 55.9 Å². The van der Waals surface area contributed by atoms with Gasteiger partial charge in [-0.2, -0.15) is 5.10 Å². The summed E-state index contributed by atoms with van der Waals surface area (Å²) in [5.41, 5.74) is 6.52. The van der Waals surface area contributed by atoms with Crippen molar-refractivity contribution in [2.45, 2.75) is 72.0 Å². The van der Waals surface area contributed by atoms with E-state index >= 15 is 0 Å². The second-order valence-corrected chi connectivity index (χ2v) is 19.3. The predicted octanol–water partition coefficient (Wildman–Crippen LogP) is 14.4. The van der Waals surface area contributed by atoms with E-state index in [2.05, 4.69) is 80.7 Å². The van der Waals surface area contributed by atoms with E-state index < -0.39 is 65.8 Å². The molecule has 0 spiro atoms. The maximum atomic E-state index is 9.31. The van der Waals surface area contributed by atoms with Crippen molar-refractivity contribution in [3.63, 3.8) is 0 Å². The zero-order valence-corrected chi connectivity index (χ0v) is 39.6. The van der Waals surface area contributed by atoms with Crippen molar-refractivity contribution in [1.29, 1.82) is 0 Å². The van der Waals surface area contributed by atoms with Gasteiger partial charge in [-0.25, -0.2) is 0 Å². The number of hydrogen-bond donors (Lipinski definition) is 0. The summed E-state index contributed by atoms with van der Waals surface area (Å²) in [5, 5.41) is 4.80. The van der Waals surface area contributed by atoms with E-state index in [1.807, 2.05) is 103 Å². The Balaban J connectivity index is 1.19. The zero-order valence-electron chi connectivity index (χ0n) is 47.3. The molecule has 10 rings (SSSR count). The molecular weight excluding hydrogens is 979 g/mol. The van der Waals surface area contributed by atoms with E-state index in [4.69, 9.17) is 23.0 Å². The number of rotatable bonds is 9. The Morgan fingerprint density at radius 1 is 0.646 bits per heavy atom. The molecule has 0 aliphatic carbocycles. The fourth-order valence-corrected chi connectivity index (χ4v) is 9.77. The van der Waals surface area contributed by atoms with E-state index in [0.29, 0.717) is 37.6 Å². The molecule has 1 aliphatic rings. The molecule has 0 atom stereocenters. The van der Waals surface area contributed by atoms with Crippen molar-refractivity contribution >= 4 is 29.5 Å². The number of anilines is 2. The number of ether oxygens (including phenoxy) is 1. The molecule has 1 aliphatic heterocycles. The standard InChI is InChI=1S/C56H53BN6O.Pt/c1-8-30-57-62(53-35-41(28-31-58-53)55(2,3)4)52-37-45(26-27-46(52)49-29-32-59-63(49)57)64-44-23-17-22-43(36-44)60-38-61(51-25-16-15-24-50(51)60)54-47(39-18-11-9-12-19-39)33-42(56(5,6)7)34-48(54)40-20-13-10-14-21-40;/h9-29,31-37H,8,30H2,1-7H3;/i9D,10D,11D,12D,13D,14D,18D,19D,20D,21D;. The third-order valence-corrected chi connectivity index (χ3v) is 12.9. The van der Waals surface area contributed by atoms with Crippen molar-refractivity contribution in [3.8, 4) is 56.4 Å². The van der Waals surface area contributed by atoms with Gasteiger partial charge in [-0.15, -0.1) is 0 Å². The minimum absolute atomic E-state index is 0.0988. The number of aromatic nitrogens is 5. The summed E-state index contributed by atoms with van der Waals surface area (Å²) in [4.78, 5) is 7.19. The van der Waals surface area contributed by atoms with E-state index in [-0.39, 0.29) is 40.3 Å². The van der Waals surface area contributed by atoms with Crippen molar-refractivity contribution in [1.82, 2.24) is 23.8 Å². The summed E-state index contributed by atoms with van der Waals surface area (Å²) in [6, 6.07) is 26.1. The van der Waals surface area contributed by atoms with Gasteiger partial charge in [0.1, 0.15) is 0 Å². The van der Waals surface area contributed by atoms with Crippen LogP contribution in [-0.2, 0) is 30.2 Å². The molecule has 0 saturated heterocycles. The first kappa shape index (κ1) is 32.2. The fourth-order valence-electron chi connectivity index (χ4n) is 8.68. The average Bonchev–Trinajstić information content (AvgIpc) is 3.99. The molecule has 0 unspecified atom stereocenters. The first-order chi connectivity index (χ1) is 35.5. The summed E-state index contributed by atoms with van der Waals surface area (Å²) in [5.74, 6) is 1.94. The molecule has 0 radical (unpaired) electrons. The number of benzene rings is 6. The van der Waals surface area contributed by atoms with E-state index in [0.717, 1.165) is 41.1 Å². The Morgan fingerprint density at radius 3 is 1.94 bits per heavy atom. The number of pyridine rings is 1. The summed E-state index contributed by atoms with van der Waals surface area (Å²) in [6.07, 6.45) is 5.44. The third kappa shape index (κ3) is 7.82. The van der Waals surface area contributed by atoms with Crippen LogP contribution in [0.5, 0.6) is 11.5 Å². The number of fused-ring (bicyclic) bond motifs is 4. The van der Waals surface area contributed by atoms with Gasteiger partial charge in [0, 0.05) is 12.4 Å². The molecule has 6 aromatic carbocycles. The van der Waals surface area contributed by atoms with E-state index in [9.17, 15) is 5.48 Å². The van der Waals surface area contributed by atoms with Crippen molar-refractivity contribution < 1.29 is 37.8 Å². The second-order valence-electron chi connectivity index (χ2n) is 18.3. The maximum absolute atomic E-state index is 9.31. The Labute approximate surface area is 407 Å². The molecule has 9 aromatic rings. The van der Waals surface area contributed by atoms with Crippen LogP contribution in [0, 0.1) is 3.80 Å². The van der Waals surface area contributed by atoms with Gasteiger partial charge >= 0.3 is 341 Å². The normalized spacial score (nSPS) is 14.8. The summed E-state index contributed by atoms with van der Waals surface area (Å²) < 4.78 is 103. The van der Waals surface area contributed by atoms with Crippen LogP contribution >= 0.6 is 0 Å². The van der Waals surface area contributed by atoms with Gasteiger partial charge < -0.3 is 0 Å². The second kappa shape index (κ2) is 16.8. The van der Waals surface area contributed by atoms with Crippen LogP contribution < -0.4 is 9.55 Å². The van der Waals surface area contributed by atoms with Crippen LogP contribution in [0.15, 0.2) is 170 Å². The molecule has 65 heavy (non-hydrogen) atoms. The molecule has 9 heteroatoms. The molecule has 0 fully saturated rings. The van der Waals surface area contributed by atoms with Crippen LogP contribution in [0.4, 0.5) is 11.5 Å². The number of hydrogen-bond acceptors (Lipinski definition) is 4. The quantitative estimate of drug-likeness (QED) is 0.135. The van der Waals surface area contributed by atoms with Gasteiger partial charge in [0.2, 0.25) is 0 Å². The summed E-state index contributed by atoms with van der Waals surface area (Å²) >= 11 is 2.20. The SMILES string of the molecule is [2H]c1c([2H])c([2H])c(-c2cc(C(C)(C)C)cc(-c3c([2H])c([2H])c([2H])c([2H])c3[2H])c2-n2[c](=[Pt])n(-c3cccc(Oc4ccc5c(c4)N(c4cc(C(C)(C)C)ccn4)B(CCC)n4nccc4-5)c3)c3ccccc32)c([2H])c1[2H]. The molecule has 3 aromatic heterocycles. The molecule has 326 valence electrons. The minimum atomic E-state index is -0.626. The first-order valence-electron chi connectivity index (χ1n) is 26.8. The van der Waals surface area contributed by atoms with E-state index in [1.165, 1.54) is 0 Å². The Morgan fingerprint density at radius 2 is 1.29 bits per heavy atom. The van der Waals surface area contributed by atoms with Gasteiger partial charge in [-0.05, 0) is 17.0 Å². The number of para-hydroxylation sites is 2. The van der Waals surface area contributed by atoms with Crippen molar-refractivity contribution in [3.05, 3.63) is 185 Å². The fraction of sp³-hybridized carbons (Fsp3) is 0.196. The average molecular weight is 1040 g/mol. The van der Waals surface area contributed by atoms with Crippen LogP contribution in [-0.4, -0.2) is 30.8 Å². The molecular formula is C56H53BN6OPt. The van der Waals surface area contributed by atoms with Gasteiger partial charge in [0.25, 0.3) is 0 Å². The molecule has 7 nitrogen and oxygen atoms in total.